The van der Waals surface area contributed by atoms with E-state index in [2.05, 4.69) is 23.5 Å². The molecule has 29 heavy (non-hydrogen) atoms. The number of hydrogen-bond donors (Lipinski definition) is 1. The normalized spacial score (nSPS) is 16.6. The number of para-hydroxylation sites is 1. The number of hydrogen-bond acceptors (Lipinski definition) is 2. The first-order chi connectivity index (χ1) is 14.1. The number of piperidine rings is 1. The molecule has 4 heteroatoms. The Kier molecular flexibility index (Phi) is 5.61. The second-order valence-corrected chi connectivity index (χ2v) is 7.80. The maximum Gasteiger partial charge on any atom is 0.229 e. The third-order valence-corrected chi connectivity index (χ3v) is 5.77. The van der Waals surface area contributed by atoms with Crippen LogP contribution < -0.4 is 5.32 Å². The van der Waals surface area contributed by atoms with Crippen molar-refractivity contribution in [2.45, 2.75) is 26.2 Å². The molecular formula is C25H26N2O2. The van der Waals surface area contributed by atoms with Crippen molar-refractivity contribution in [2.75, 3.05) is 18.4 Å². The van der Waals surface area contributed by atoms with Crippen molar-refractivity contribution in [1.29, 1.82) is 0 Å². The van der Waals surface area contributed by atoms with Gasteiger partial charge in [-0.1, -0.05) is 60.7 Å². The molecule has 4 nitrogen and oxygen atoms in total. The van der Waals surface area contributed by atoms with Crippen LogP contribution >= 0.6 is 0 Å². The SMILES string of the molecule is Cc1ccccc1NC(=O)[C@@H]1CCCN(C(=O)Cc2cccc3ccccc23)C1. The highest BCUT2D eigenvalue weighted by Gasteiger charge is 2.28. The number of nitrogens with zero attached hydrogens (tertiary/aromatic N) is 1. The second kappa shape index (κ2) is 8.48. The molecule has 1 fully saturated rings. The minimum Gasteiger partial charge on any atom is -0.342 e. The molecule has 0 aromatic heterocycles. The van der Waals surface area contributed by atoms with Gasteiger partial charge in [0.2, 0.25) is 11.8 Å². The number of amides is 2. The second-order valence-electron chi connectivity index (χ2n) is 7.80. The van der Waals surface area contributed by atoms with Crippen molar-refractivity contribution in [2.24, 2.45) is 5.92 Å². The van der Waals surface area contributed by atoms with Crippen LogP contribution in [0.5, 0.6) is 0 Å². The Morgan fingerprint density at radius 3 is 2.62 bits per heavy atom. The molecular weight excluding hydrogens is 360 g/mol. The molecule has 1 saturated heterocycles. The number of benzene rings is 3. The number of nitrogens with one attached hydrogen (secondary N) is 1. The molecule has 1 aliphatic heterocycles. The third kappa shape index (κ3) is 4.32. The summed E-state index contributed by atoms with van der Waals surface area (Å²) in [6.07, 6.45) is 2.04. The van der Waals surface area contributed by atoms with Gasteiger partial charge in [-0.2, -0.15) is 0 Å². The smallest absolute Gasteiger partial charge is 0.229 e. The average molecular weight is 386 g/mol. The molecule has 2 amide bonds. The lowest BCUT2D eigenvalue weighted by atomic mass is 9.95. The van der Waals surface area contributed by atoms with E-state index in [9.17, 15) is 9.59 Å². The fraction of sp³-hybridized carbons (Fsp3) is 0.280. The standard InChI is InChI=1S/C25H26N2O2/c1-18-8-2-5-14-23(18)26-25(29)21-12-7-15-27(17-21)24(28)16-20-11-6-10-19-9-3-4-13-22(19)20/h2-6,8-11,13-14,21H,7,12,15-17H2,1H3,(H,26,29)/t21-/m1/s1. The lowest BCUT2D eigenvalue weighted by Crippen LogP contribution is -2.44. The predicted octanol–water partition coefficient (Wildman–Crippen LogP) is 4.57. The van der Waals surface area contributed by atoms with Crippen molar-refractivity contribution >= 4 is 28.3 Å². The van der Waals surface area contributed by atoms with Gasteiger partial charge in [-0.3, -0.25) is 9.59 Å². The van der Waals surface area contributed by atoms with Gasteiger partial charge in [0.1, 0.15) is 0 Å². The maximum absolute atomic E-state index is 13.0. The van der Waals surface area contributed by atoms with E-state index >= 15 is 0 Å². The van der Waals surface area contributed by atoms with Crippen LogP contribution in [-0.4, -0.2) is 29.8 Å². The molecule has 1 aliphatic rings. The van der Waals surface area contributed by atoms with Gasteiger partial charge in [-0.15, -0.1) is 0 Å². The van der Waals surface area contributed by atoms with Gasteiger partial charge in [0.15, 0.2) is 0 Å². The van der Waals surface area contributed by atoms with E-state index in [4.69, 9.17) is 0 Å². The summed E-state index contributed by atoms with van der Waals surface area (Å²) in [7, 11) is 0. The number of likely N-dealkylation sites (tertiary alicyclic amines) is 1. The molecule has 4 rings (SSSR count). The van der Waals surface area contributed by atoms with Gasteiger partial charge in [0, 0.05) is 18.8 Å². The number of anilines is 1. The summed E-state index contributed by atoms with van der Waals surface area (Å²) < 4.78 is 0. The number of carbonyl (C=O) groups excluding carboxylic acids is 2. The molecule has 0 spiro atoms. The molecule has 0 bridgehead atoms. The summed E-state index contributed by atoms with van der Waals surface area (Å²) in [5.41, 5.74) is 2.93. The number of fused-ring (bicyclic) bond motifs is 1. The number of carbonyl (C=O) groups is 2. The van der Waals surface area contributed by atoms with Crippen molar-refractivity contribution in [1.82, 2.24) is 4.90 Å². The highest BCUT2D eigenvalue weighted by atomic mass is 16.2. The van der Waals surface area contributed by atoms with Crippen LogP contribution in [-0.2, 0) is 16.0 Å². The summed E-state index contributed by atoms with van der Waals surface area (Å²) in [5.74, 6) is -0.0727. The fourth-order valence-corrected chi connectivity index (χ4v) is 4.09. The predicted molar refractivity (Wildman–Crippen MR) is 117 cm³/mol. The third-order valence-electron chi connectivity index (χ3n) is 5.77. The molecule has 3 aromatic rings. The summed E-state index contributed by atoms with van der Waals surface area (Å²) in [6, 6.07) is 22.0. The van der Waals surface area contributed by atoms with Crippen molar-refractivity contribution in [3.8, 4) is 0 Å². The van der Waals surface area contributed by atoms with Crippen molar-refractivity contribution < 1.29 is 9.59 Å². The van der Waals surface area contributed by atoms with Crippen LogP contribution in [0, 0.1) is 12.8 Å². The van der Waals surface area contributed by atoms with E-state index in [1.165, 1.54) is 0 Å². The van der Waals surface area contributed by atoms with E-state index in [1.54, 1.807) is 0 Å². The van der Waals surface area contributed by atoms with Gasteiger partial charge in [-0.25, -0.2) is 0 Å². The van der Waals surface area contributed by atoms with Crippen LogP contribution in [0.2, 0.25) is 0 Å². The first-order valence-corrected chi connectivity index (χ1v) is 10.2. The first kappa shape index (κ1) is 19.2. The zero-order valence-electron chi connectivity index (χ0n) is 16.7. The van der Waals surface area contributed by atoms with Gasteiger partial charge in [0.05, 0.1) is 12.3 Å². The van der Waals surface area contributed by atoms with Gasteiger partial charge in [-0.05, 0) is 47.7 Å². The number of aryl methyl sites for hydroxylation is 1. The highest BCUT2D eigenvalue weighted by Crippen LogP contribution is 2.23. The Morgan fingerprint density at radius 1 is 1.00 bits per heavy atom. The molecule has 1 N–H and O–H groups in total. The molecule has 0 unspecified atom stereocenters. The zero-order valence-corrected chi connectivity index (χ0v) is 16.7. The summed E-state index contributed by atoms with van der Waals surface area (Å²) >= 11 is 0. The van der Waals surface area contributed by atoms with E-state index < -0.39 is 0 Å². The fourth-order valence-electron chi connectivity index (χ4n) is 4.09. The summed E-state index contributed by atoms with van der Waals surface area (Å²) in [4.78, 5) is 27.6. The van der Waals surface area contributed by atoms with Gasteiger partial charge in [0.25, 0.3) is 0 Å². The monoisotopic (exact) mass is 386 g/mol. The van der Waals surface area contributed by atoms with E-state index in [-0.39, 0.29) is 17.7 Å². The maximum atomic E-state index is 13.0. The first-order valence-electron chi connectivity index (χ1n) is 10.2. The minimum atomic E-state index is -0.167. The van der Waals surface area contributed by atoms with E-state index in [0.29, 0.717) is 13.0 Å². The molecule has 1 atom stereocenters. The molecule has 0 aliphatic carbocycles. The Balaban J connectivity index is 1.43. The summed E-state index contributed by atoms with van der Waals surface area (Å²) in [5, 5.41) is 5.30. The highest BCUT2D eigenvalue weighted by molar-refractivity contribution is 5.94. The van der Waals surface area contributed by atoms with Crippen molar-refractivity contribution in [3.63, 3.8) is 0 Å². The Bertz CT molecular complexity index is 1040. The van der Waals surface area contributed by atoms with E-state index in [0.717, 1.165) is 47.0 Å². The van der Waals surface area contributed by atoms with Crippen LogP contribution in [0.3, 0.4) is 0 Å². The van der Waals surface area contributed by atoms with Crippen LogP contribution in [0.1, 0.15) is 24.0 Å². The Morgan fingerprint density at radius 2 is 1.76 bits per heavy atom. The van der Waals surface area contributed by atoms with Gasteiger partial charge >= 0.3 is 0 Å². The molecule has 0 radical (unpaired) electrons. The molecule has 1 heterocycles. The topological polar surface area (TPSA) is 49.4 Å². The largest absolute Gasteiger partial charge is 0.342 e. The van der Waals surface area contributed by atoms with Crippen LogP contribution in [0.4, 0.5) is 5.69 Å². The zero-order chi connectivity index (χ0) is 20.2. The van der Waals surface area contributed by atoms with Gasteiger partial charge < -0.3 is 10.2 Å². The lowest BCUT2D eigenvalue weighted by Gasteiger charge is -2.32. The Labute approximate surface area is 171 Å². The molecule has 0 saturated carbocycles. The number of rotatable bonds is 4. The summed E-state index contributed by atoms with van der Waals surface area (Å²) in [6.45, 7) is 3.19. The van der Waals surface area contributed by atoms with Crippen LogP contribution in [0.15, 0.2) is 66.7 Å². The average Bonchev–Trinajstić information content (AvgIpc) is 2.75. The lowest BCUT2D eigenvalue weighted by molar-refractivity contribution is -0.133. The van der Waals surface area contributed by atoms with Crippen molar-refractivity contribution in [3.05, 3.63) is 77.9 Å². The van der Waals surface area contributed by atoms with Crippen LogP contribution in [0.25, 0.3) is 10.8 Å². The molecule has 3 aromatic carbocycles. The molecule has 148 valence electrons. The Hall–Kier alpha value is -3.14. The van der Waals surface area contributed by atoms with E-state index in [1.807, 2.05) is 60.4 Å². The quantitative estimate of drug-likeness (QED) is 0.714. The minimum absolute atomic E-state index is 0.00182.